The van der Waals surface area contributed by atoms with Crippen LogP contribution in [0.4, 0.5) is 17.1 Å². The molecule has 0 aliphatic rings. The van der Waals surface area contributed by atoms with Crippen LogP contribution < -0.4 is 5.43 Å². The fourth-order valence-corrected chi connectivity index (χ4v) is 1.94. The van der Waals surface area contributed by atoms with Crippen LogP contribution in [0.3, 0.4) is 0 Å². The Morgan fingerprint density at radius 1 is 1.09 bits per heavy atom. The molecular weight excluding hydrogens is 300 g/mol. The first-order valence-corrected chi connectivity index (χ1v) is 6.76. The van der Waals surface area contributed by atoms with Crippen LogP contribution >= 0.6 is 0 Å². The number of nitrogens with one attached hydrogen (secondary N) is 1. The molecule has 23 heavy (non-hydrogen) atoms. The number of non-ortho nitro benzene ring substituents is 1. The van der Waals surface area contributed by atoms with Gasteiger partial charge in [0.15, 0.2) is 0 Å². The van der Waals surface area contributed by atoms with Crippen molar-refractivity contribution >= 4 is 23.3 Å². The Balaban J connectivity index is 2.15. The molecule has 0 radical (unpaired) electrons. The minimum Gasteiger partial charge on any atom is -0.272 e. The number of hydrazone groups is 1. The minimum atomic E-state index is -0.689. The fourth-order valence-electron chi connectivity index (χ4n) is 1.94. The largest absolute Gasteiger partial charge is 0.301 e. The summed E-state index contributed by atoms with van der Waals surface area (Å²) in [6.45, 7) is 1.94. The smallest absolute Gasteiger partial charge is 0.272 e. The second-order valence-electron chi connectivity index (χ2n) is 4.81. The molecule has 2 rings (SSSR count). The molecule has 0 heterocycles. The third-order valence-corrected chi connectivity index (χ3v) is 3.20. The fraction of sp³-hybridized carbons (Fsp3) is 0.133. The quantitative estimate of drug-likeness (QED) is 0.496. The minimum absolute atomic E-state index is 0.0146. The summed E-state index contributed by atoms with van der Waals surface area (Å²) >= 11 is 0. The third-order valence-electron chi connectivity index (χ3n) is 3.20. The van der Waals surface area contributed by atoms with Crippen molar-refractivity contribution in [1.82, 2.24) is 0 Å². The predicted octanol–water partition coefficient (Wildman–Crippen LogP) is 3.70. The summed E-state index contributed by atoms with van der Waals surface area (Å²) in [7, 11) is 0. The first-order valence-electron chi connectivity index (χ1n) is 6.76. The summed E-state index contributed by atoms with van der Waals surface area (Å²) in [5, 5.41) is 25.7. The lowest BCUT2D eigenvalue weighted by Gasteiger charge is -2.06. The number of nitrogens with zero attached hydrogens (tertiary/aromatic N) is 3. The molecule has 0 aliphatic carbocycles. The predicted molar refractivity (Wildman–Crippen MR) is 86.7 cm³/mol. The standard InChI is InChI=1S/C15H14N4O4/c1-11(12-5-3-2-4-6-12)10-16-17-14-8-7-13(18(20)21)9-15(14)19(22)23/h2-11,17H,1H3. The van der Waals surface area contributed by atoms with Gasteiger partial charge in [-0.05, 0) is 11.6 Å². The first kappa shape index (κ1) is 16.1. The molecule has 8 nitrogen and oxygen atoms in total. The van der Waals surface area contributed by atoms with E-state index in [2.05, 4.69) is 10.5 Å². The van der Waals surface area contributed by atoms with E-state index in [4.69, 9.17) is 0 Å². The van der Waals surface area contributed by atoms with E-state index in [0.29, 0.717) is 0 Å². The molecule has 0 bridgehead atoms. The van der Waals surface area contributed by atoms with Crippen LogP contribution in [0.15, 0.2) is 53.6 Å². The van der Waals surface area contributed by atoms with Crippen molar-refractivity contribution in [3.63, 3.8) is 0 Å². The van der Waals surface area contributed by atoms with Crippen LogP contribution in [-0.4, -0.2) is 16.1 Å². The van der Waals surface area contributed by atoms with Gasteiger partial charge in [0.2, 0.25) is 0 Å². The number of benzene rings is 2. The zero-order chi connectivity index (χ0) is 16.8. The first-order chi connectivity index (χ1) is 11.0. The van der Waals surface area contributed by atoms with Crippen LogP contribution in [0.2, 0.25) is 0 Å². The molecule has 1 atom stereocenters. The summed E-state index contributed by atoms with van der Waals surface area (Å²) in [6.07, 6.45) is 1.61. The zero-order valence-corrected chi connectivity index (χ0v) is 12.2. The Morgan fingerprint density at radius 2 is 1.78 bits per heavy atom. The van der Waals surface area contributed by atoms with Crippen LogP contribution in [-0.2, 0) is 0 Å². The van der Waals surface area contributed by atoms with Gasteiger partial charge in [0.1, 0.15) is 5.69 Å². The van der Waals surface area contributed by atoms with Crippen molar-refractivity contribution in [1.29, 1.82) is 0 Å². The van der Waals surface area contributed by atoms with Gasteiger partial charge < -0.3 is 0 Å². The SMILES string of the molecule is CC(C=NNc1ccc([N+](=O)[O-])cc1[N+](=O)[O-])c1ccccc1. The molecule has 0 amide bonds. The molecule has 0 saturated heterocycles. The van der Waals surface area contributed by atoms with Crippen molar-refractivity contribution in [2.75, 3.05) is 5.43 Å². The molecule has 1 unspecified atom stereocenters. The van der Waals surface area contributed by atoms with Gasteiger partial charge in [-0.15, -0.1) is 0 Å². The van der Waals surface area contributed by atoms with Crippen molar-refractivity contribution in [2.45, 2.75) is 12.8 Å². The molecule has 2 aromatic carbocycles. The normalized spacial score (nSPS) is 12.0. The van der Waals surface area contributed by atoms with E-state index < -0.39 is 15.5 Å². The maximum atomic E-state index is 11.0. The average molecular weight is 314 g/mol. The Bertz CT molecular complexity index is 746. The maximum Gasteiger partial charge on any atom is 0.301 e. The molecule has 2 aromatic rings. The molecule has 118 valence electrons. The average Bonchev–Trinajstić information content (AvgIpc) is 2.55. The Hall–Kier alpha value is -3.29. The number of hydrogen-bond acceptors (Lipinski definition) is 6. The molecular formula is C15H14N4O4. The Morgan fingerprint density at radius 3 is 2.39 bits per heavy atom. The lowest BCUT2D eigenvalue weighted by Crippen LogP contribution is -2.00. The summed E-state index contributed by atoms with van der Waals surface area (Å²) in [4.78, 5) is 20.3. The molecule has 0 aromatic heterocycles. The monoisotopic (exact) mass is 314 g/mol. The van der Waals surface area contributed by atoms with Gasteiger partial charge in [-0.25, -0.2) is 0 Å². The van der Waals surface area contributed by atoms with Crippen LogP contribution in [0, 0.1) is 20.2 Å². The molecule has 8 heteroatoms. The van der Waals surface area contributed by atoms with E-state index in [-0.39, 0.29) is 17.3 Å². The highest BCUT2D eigenvalue weighted by molar-refractivity contribution is 5.71. The van der Waals surface area contributed by atoms with Gasteiger partial charge in [-0.2, -0.15) is 5.10 Å². The van der Waals surface area contributed by atoms with Gasteiger partial charge in [0.05, 0.1) is 15.9 Å². The van der Waals surface area contributed by atoms with Crippen LogP contribution in [0.5, 0.6) is 0 Å². The van der Waals surface area contributed by atoms with E-state index in [9.17, 15) is 20.2 Å². The van der Waals surface area contributed by atoms with E-state index in [1.807, 2.05) is 37.3 Å². The van der Waals surface area contributed by atoms with Gasteiger partial charge in [-0.3, -0.25) is 25.7 Å². The highest BCUT2D eigenvalue weighted by Crippen LogP contribution is 2.28. The van der Waals surface area contributed by atoms with Gasteiger partial charge in [-0.1, -0.05) is 37.3 Å². The van der Waals surface area contributed by atoms with Crippen molar-refractivity contribution in [3.8, 4) is 0 Å². The summed E-state index contributed by atoms with van der Waals surface area (Å²) < 4.78 is 0. The van der Waals surface area contributed by atoms with E-state index >= 15 is 0 Å². The van der Waals surface area contributed by atoms with E-state index in [1.54, 1.807) is 6.21 Å². The number of hydrogen-bond donors (Lipinski definition) is 1. The number of rotatable bonds is 6. The molecule has 0 aliphatic heterocycles. The van der Waals surface area contributed by atoms with E-state index in [1.165, 1.54) is 12.1 Å². The van der Waals surface area contributed by atoms with Crippen LogP contribution in [0.1, 0.15) is 18.4 Å². The van der Waals surface area contributed by atoms with Gasteiger partial charge in [0.25, 0.3) is 5.69 Å². The molecule has 0 fully saturated rings. The lowest BCUT2D eigenvalue weighted by atomic mass is 10.0. The summed E-state index contributed by atoms with van der Waals surface area (Å²) in [5.74, 6) is 0.0146. The van der Waals surface area contributed by atoms with Gasteiger partial charge >= 0.3 is 5.69 Å². The van der Waals surface area contributed by atoms with Crippen molar-refractivity contribution in [2.24, 2.45) is 5.10 Å². The number of nitro benzene ring substituents is 2. The highest BCUT2D eigenvalue weighted by Gasteiger charge is 2.19. The maximum absolute atomic E-state index is 11.0. The number of anilines is 1. The molecule has 1 N–H and O–H groups in total. The summed E-state index contributed by atoms with van der Waals surface area (Å²) in [6, 6.07) is 13.0. The lowest BCUT2D eigenvalue weighted by molar-refractivity contribution is -0.393. The zero-order valence-electron chi connectivity index (χ0n) is 12.2. The highest BCUT2D eigenvalue weighted by atomic mass is 16.6. The number of nitro groups is 2. The Kier molecular flexibility index (Phi) is 4.98. The topological polar surface area (TPSA) is 111 Å². The molecule has 0 saturated carbocycles. The van der Waals surface area contributed by atoms with E-state index in [0.717, 1.165) is 11.6 Å². The van der Waals surface area contributed by atoms with Gasteiger partial charge in [0, 0.05) is 18.2 Å². The van der Waals surface area contributed by atoms with Crippen molar-refractivity contribution in [3.05, 3.63) is 74.3 Å². The van der Waals surface area contributed by atoms with Crippen molar-refractivity contribution < 1.29 is 9.85 Å². The molecule has 0 spiro atoms. The van der Waals surface area contributed by atoms with Crippen LogP contribution in [0.25, 0.3) is 0 Å². The second-order valence-corrected chi connectivity index (χ2v) is 4.81. The second kappa shape index (κ2) is 7.12. The Labute approximate surface area is 131 Å². The summed E-state index contributed by atoms with van der Waals surface area (Å²) in [5.41, 5.74) is 2.97. The third kappa shape index (κ3) is 4.10.